The van der Waals surface area contributed by atoms with Gasteiger partial charge in [-0.3, -0.25) is 19.3 Å². The van der Waals surface area contributed by atoms with Gasteiger partial charge in [-0.05, 0) is 49.7 Å². The smallest absolute Gasteiger partial charge is 0.251 e. The van der Waals surface area contributed by atoms with Gasteiger partial charge in [-0.1, -0.05) is 25.1 Å². The number of hydrogen-bond donors (Lipinski definition) is 3. The highest BCUT2D eigenvalue weighted by Crippen LogP contribution is 2.23. The number of amides is 3. The van der Waals surface area contributed by atoms with Crippen molar-refractivity contribution in [1.29, 1.82) is 0 Å². The Morgan fingerprint density at radius 1 is 1.00 bits per heavy atom. The van der Waals surface area contributed by atoms with Gasteiger partial charge in [-0.15, -0.1) is 0 Å². The van der Waals surface area contributed by atoms with Crippen molar-refractivity contribution >= 4 is 29.1 Å². The van der Waals surface area contributed by atoms with Crippen LogP contribution in [0, 0.1) is 0 Å². The van der Waals surface area contributed by atoms with Crippen molar-refractivity contribution in [2.75, 3.05) is 37.4 Å². The summed E-state index contributed by atoms with van der Waals surface area (Å²) in [5.41, 5.74) is 1.63. The molecule has 3 N–H and O–H groups in total. The lowest BCUT2D eigenvalue weighted by atomic mass is 10.2. The number of benzene rings is 2. The zero-order chi connectivity index (χ0) is 22.2. The van der Waals surface area contributed by atoms with Gasteiger partial charge in [-0.25, -0.2) is 0 Å². The molecule has 0 bridgehead atoms. The number of rotatable bonds is 10. The summed E-state index contributed by atoms with van der Waals surface area (Å²) in [6.45, 7) is 2.52. The zero-order valence-corrected chi connectivity index (χ0v) is 17.8. The fourth-order valence-electron chi connectivity index (χ4n) is 3.06. The fourth-order valence-corrected chi connectivity index (χ4v) is 3.06. The number of ether oxygens (including phenoxy) is 1. The molecule has 0 aromatic heterocycles. The van der Waals surface area contributed by atoms with Crippen LogP contribution in [0.2, 0.25) is 0 Å². The number of hydrogen-bond acceptors (Lipinski definition) is 5. The van der Waals surface area contributed by atoms with Gasteiger partial charge in [0.25, 0.3) is 5.91 Å². The van der Waals surface area contributed by atoms with E-state index < -0.39 is 0 Å². The summed E-state index contributed by atoms with van der Waals surface area (Å²) in [5.74, 6) is -0.0615. The second kappa shape index (κ2) is 10.6. The number of likely N-dealkylation sites (N-methyl/N-ethyl adjacent to an activating group) is 1. The number of carbonyl (C=O) groups is 3. The van der Waals surface area contributed by atoms with Gasteiger partial charge in [0.05, 0.1) is 25.9 Å². The Morgan fingerprint density at radius 2 is 1.71 bits per heavy atom. The molecule has 0 saturated heterocycles. The average Bonchev–Trinajstić information content (AvgIpc) is 3.57. The molecule has 1 aliphatic carbocycles. The van der Waals surface area contributed by atoms with E-state index in [2.05, 4.69) is 16.0 Å². The van der Waals surface area contributed by atoms with E-state index in [1.807, 2.05) is 19.1 Å². The number of methoxy groups -OCH3 is 1. The first-order valence-electron chi connectivity index (χ1n) is 10.3. The molecular formula is C23H28N4O4. The highest BCUT2D eigenvalue weighted by atomic mass is 16.5. The summed E-state index contributed by atoms with van der Waals surface area (Å²) < 4.78 is 5.24. The first kappa shape index (κ1) is 22.3. The van der Waals surface area contributed by atoms with Crippen molar-refractivity contribution in [3.05, 3.63) is 54.1 Å². The van der Waals surface area contributed by atoms with Crippen LogP contribution >= 0.6 is 0 Å². The topological polar surface area (TPSA) is 99.8 Å². The maximum absolute atomic E-state index is 12.5. The van der Waals surface area contributed by atoms with Gasteiger partial charge < -0.3 is 20.7 Å². The van der Waals surface area contributed by atoms with E-state index in [1.54, 1.807) is 41.3 Å². The van der Waals surface area contributed by atoms with Crippen LogP contribution in [-0.2, 0) is 9.59 Å². The molecule has 0 spiro atoms. The molecule has 8 nitrogen and oxygen atoms in total. The van der Waals surface area contributed by atoms with Crippen molar-refractivity contribution in [3.8, 4) is 5.75 Å². The van der Waals surface area contributed by atoms with Crippen molar-refractivity contribution in [3.63, 3.8) is 0 Å². The highest BCUT2D eigenvalue weighted by Gasteiger charge is 2.24. The summed E-state index contributed by atoms with van der Waals surface area (Å²) >= 11 is 0. The number of para-hydroxylation sites is 2. The van der Waals surface area contributed by atoms with E-state index in [1.165, 1.54) is 7.11 Å². The summed E-state index contributed by atoms with van der Waals surface area (Å²) in [5, 5.41) is 8.54. The predicted octanol–water partition coefficient (Wildman–Crippen LogP) is 2.49. The molecule has 1 saturated carbocycles. The molecule has 164 valence electrons. The lowest BCUT2D eigenvalue weighted by Gasteiger charge is -2.20. The minimum absolute atomic E-state index is 0.0499. The molecule has 2 aromatic rings. The first-order valence-corrected chi connectivity index (χ1v) is 10.3. The van der Waals surface area contributed by atoms with Crippen molar-refractivity contribution < 1.29 is 19.1 Å². The Morgan fingerprint density at radius 3 is 2.39 bits per heavy atom. The Labute approximate surface area is 182 Å². The van der Waals surface area contributed by atoms with Crippen LogP contribution < -0.4 is 20.7 Å². The second-order valence-electron chi connectivity index (χ2n) is 7.43. The van der Waals surface area contributed by atoms with Gasteiger partial charge in [0, 0.05) is 17.3 Å². The summed E-state index contributed by atoms with van der Waals surface area (Å²) in [6, 6.07) is 14.3. The molecule has 0 aliphatic heterocycles. The molecule has 8 heteroatoms. The third-order valence-corrected chi connectivity index (χ3v) is 4.88. The van der Waals surface area contributed by atoms with E-state index in [4.69, 9.17) is 4.74 Å². The summed E-state index contributed by atoms with van der Waals surface area (Å²) in [4.78, 5) is 38.8. The largest absolute Gasteiger partial charge is 0.495 e. The third kappa shape index (κ3) is 6.82. The molecule has 31 heavy (non-hydrogen) atoms. The van der Waals surface area contributed by atoms with E-state index in [-0.39, 0.29) is 36.9 Å². The highest BCUT2D eigenvalue weighted by molar-refractivity contribution is 5.98. The lowest BCUT2D eigenvalue weighted by molar-refractivity contribution is -0.119. The molecule has 3 rings (SSSR count). The Hall–Kier alpha value is -3.39. The maximum Gasteiger partial charge on any atom is 0.251 e. The third-order valence-electron chi connectivity index (χ3n) is 4.88. The molecule has 0 radical (unpaired) electrons. The van der Waals surface area contributed by atoms with E-state index >= 15 is 0 Å². The molecule has 1 aliphatic rings. The van der Waals surface area contributed by atoms with Crippen LogP contribution in [0.25, 0.3) is 0 Å². The second-order valence-corrected chi connectivity index (χ2v) is 7.43. The Bertz CT molecular complexity index is 943. The number of nitrogens with one attached hydrogen (secondary N) is 3. The quantitative estimate of drug-likeness (QED) is 0.544. The molecular weight excluding hydrogens is 396 g/mol. The van der Waals surface area contributed by atoms with Crippen LogP contribution in [0.4, 0.5) is 11.4 Å². The number of anilines is 2. The predicted molar refractivity (Wildman–Crippen MR) is 119 cm³/mol. The molecule has 2 aromatic carbocycles. The van der Waals surface area contributed by atoms with Gasteiger partial charge >= 0.3 is 0 Å². The van der Waals surface area contributed by atoms with Crippen LogP contribution in [0.5, 0.6) is 5.75 Å². The van der Waals surface area contributed by atoms with E-state index in [9.17, 15) is 14.4 Å². The van der Waals surface area contributed by atoms with Crippen LogP contribution in [0.1, 0.15) is 30.1 Å². The minimum atomic E-state index is -0.258. The van der Waals surface area contributed by atoms with E-state index in [0.29, 0.717) is 29.2 Å². The van der Waals surface area contributed by atoms with Gasteiger partial charge in [-0.2, -0.15) is 0 Å². The maximum atomic E-state index is 12.5. The first-order chi connectivity index (χ1) is 15.0. The summed E-state index contributed by atoms with van der Waals surface area (Å²) in [7, 11) is 1.54. The normalized spacial score (nSPS) is 12.9. The average molecular weight is 425 g/mol. The molecule has 0 atom stereocenters. The van der Waals surface area contributed by atoms with E-state index in [0.717, 1.165) is 12.8 Å². The number of nitrogens with zero attached hydrogens (tertiary/aromatic N) is 1. The molecule has 0 heterocycles. The van der Waals surface area contributed by atoms with Gasteiger partial charge in [0.1, 0.15) is 5.75 Å². The Balaban J connectivity index is 1.52. The van der Waals surface area contributed by atoms with Crippen molar-refractivity contribution in [2.24, 2.45) is 0 Å². The lowest BCUT2D eigenvalue weighted by Crippen LogP contribution is -2.38. The standard InChI is InChI=1S/C23H28N4O4/c1-3-27(15-22(29)26-19-9-4-5-10-20(19)31-2)14-21(28)24-18-8-6-7-16(13-18)23(30)25-17-11-12-17/h4-10,13,17H,3,11-12,14-15H2,1-2H3,(H,24,28)(H,25,30)(H,26,29). The minimum Gasteiger partial charge on any atom is -0.495 e. The summed E-state index contributed by atoms with van der Waals surface area (Å²) in [6.07, 6.45) is 2.03. The zero-order valence-electron chi connectivity index (χ0n) is 17.8. The van der Waals surface area contributed by atoms with Crippen LogP contribution in [0.3, 0.4) is 0 Å². The SMILES string of the molecule is CCN(CC(=O)Nc1cccc(C(=O)NC2CC2)c1)CC(=O)Nc1ccccc1OC. The Kier molecular flexibility index (Phi) is 7.61. The van der Waals surface area contributed by atoms with Gasteiger partial charge in [0.2, 0.25) is 11.8 Å². The monoisotopic (exact) mass is 424 g/mol. The van der Waals surface area contributed by atoms with Crippen molar-refractivity contribution in [2.45, 2.75) is 25.8 Å². The molecule has 1 fully saturated rings. The fraction of sp³-hybridized carbons (Fsp3) is 0.348. The van der Waals surface area contributed by atoms with Gasteiger partial charge in [0.15, 0.2) is 0 Å². The van der Waals surface area contributed by atoms with Crippen LogP contribution in [0.15, 0.2) is 48.5 Å². The van der Waals surface area contributed by atoms with Crippen LogP contribution in [-0.4, -0.2) is 55.4 Å². The van der Waals surface area contributed by atoms with Crippen molar-refractivity contribution in [1.82, 2.24) is 10.2 Å². The molecule has 3 amide bonds. The number of carbonyl (C=O) groups excluding carboxylic acids is 3. The molecule has 0 unspecified atom stereocenters.